The van der Waals surface area contributed by atoms with E-state index in [0.717, 1.165) is 12.8 Å². The molecule has 1 fully saturated rings. The second-order valence-electron chi connectivity index (χ2n) is 5.85. The number of benzene rings is 1. The van der Waals surface area contributed by atoms with Crippen LogP contribution in [0.3, 0.4) is 0 Å². The third kappa shape index (κ3) is 2.51. The average Bonchev–Trinajstić information content (AvgIpc) is 3.01. The minimum atomic E-state index is -3.60. The largest absolute Gasteiger partial charge is 0.326 e. The van der Waals surface area contributed by atoms with Crippen molar-refractivity contribution in [2.75, 3.05) is 13.1 Å². The molecule has 0 bridgehead atoms. The van der Waals surface area contributed by atoms with E-state index in [2.05, 4.69) is 17.1 Å². The summed E-state index contributed by atoms with van der Waals surface area (Å²) in [5.41, 5.74) is 7.10. The van der Waals surface area contributed by atoms with Crippen molar-refractivity contribution in [3.05, 3.63) is 18.2 Å². The lowest BCUT2D eigenvalue weighted by Crippen LogP contribution is -2.32. The van der Waals surface area contributed by atoms with Crippen molar-refractivity contribution in [1.82, 2.24) is 19.3 Å². The number of hydrogen-bond donors (Lipinski definition) is 1. The number of aryl methyl sites for hydroxylation is 1. The molecule has 22 heavy (non-hydrogen) atoms. The summed E-state index contributed by atoms with van der Waals surface area (Å²) in [6.45, 7) is 2.93. The van der Waals surface area contributed by atoms with Gasteiger partial charge in [-0.15, -0.1) is 0 Å². The molecule has 0 unspecified atom stereocenters. The van der Waals surface area contributed by atoms with E-state index in [9.17, 15) is 8.42 Å². The Hall–Kier alpha value is -1.51. The molecule has 2 atom stereocenters. The van der Waals surface area contributed by atoms with Crippen molar-refractivity contribution < 1.29 is 8.42 Å². The maximum atomic E-state index is 12.9. The fourth-order valence-electron chi connectivity index (χ4n) is 3.09. The topological polar surface area (TPSA) is 94.1 Å². The molecule has 0 saturated carbocycles. The van der Waals surface area contributed by atoms with Crippen LogP contribution in [0.4, 0.5) is 0 Å². The highest BCUT2D eigenvalue weighted by atomic mass is 32.2. The van der Waals surface area contributed by atoms with Crippen molar-refractivity contribution in [2.45, 2.75) is 30.7 Å². The normalized spacial score (nSPS) is 23.4. The number of aromatic nitrogens is 3. The molecule has 8 heteroatoms. The van der Waals surface area contributed by atoms with E-state index in [4.69, 9.17) is 5.73 Å². The maximum Gasteiger partial charge on any atom is 0.245 e. The molecule has 0 spiro atoms. The van der Waals surface area contributed by atoms with E-state index < -0.39 is 10.0 Å². The fraction of sp³-hybridized carbons (Fsp3) is 0.571. The van der Waals surface area contributed by atoms with Gasteiger partial charge < -0.3 is 5.73 Å². The zero-order valence-corrected chi connectivity index (χ0v) is 13.6. The lowest BCUT2D eigenvalue weighted by molar-refractivity contribution is 0.439. The van der Waals surface area contributed by atoms with Crippen molar-refractivity contribution in [3.63, 3.8) is 0 Å². The van der Waals surface area contributed by atoms with E-state index in [1.54, 1.807) is 25.2 Å². The minimum absolute atomic E-state index is 0.101. The van der Waals surface area contributed by atoms with Gasteiger partial charge in [-0.1, -0.05) is 19.4 Å². The molecule has 1 aliphatic rings. The van der Waals surface area contributed by atoms with Gasteiger partial charge in [0.15, 0.2) is 0 Å². The third-order valence-corrected chi connectivity index (χ3v) is 6.07. The van der Waals surface area contributed by atoms with Gasteiger partial charge in [-0.25, -0.2) is 8.42 Å². The first kappa shape index (κ1) is 15.4. The Morgan fingerprint density at radius 2 is 2.09 bits per heavy atom. The van der Waals surface area contributed by atoms with Crippen LogP contribution in [0.2, 0.25) is 0 Å². The molecule has 2 heterocycles. The lowest BCUT2D eigenvalue weighted by atomic mass is 9.99. The van der Waals surface area contributed by atoms with Gasteiger partial charge >= 0.3 is 0 Å². The summed E-state index contributed by atoms with van der Waals surface area (Å²) < 4.78 is 27.4. The van der Waals surface area contributed by atoms with Gasteiger partial charge in [0, 0.05) is 26.2 Å². The molecular formula is C14H21N5O2S. The molecule has 1 aliphatic heterocycles. The van der Waals surface area contributed by atoms with E-state index in [1.807, 2.05) is 0 Å². The van der Waals surface area contributed by atoms with Gasteiger partial charge in [0.2, 0.25) is 10.0 Å². The summed E-state index contributed by atoms with van der Waals surface area (Å²) in [4.78, 5) is 1.60. The van der Waals surface area contributed by atoms with Crippen LogP contribution >= 0.6 is 0 Å². The van der Waals surface area contributed by atoms with Gasteiger partial charge in [0.25, 0.3) is 0 Å². The van der Waals surface area contributed by atoms with Gasteiger partial charge in [-0.3, -0.25) is 0 Å². The van der Waals surface area contributed by atoms with Crippen molar-refractivity contribution in [3.8, 4) is 0 Å². The quantitative estimate of drug-likeness (QED) is 0.894. The van der Waals surface area contributed by atoms with E-state index >= 15 is 0 Å². The molecule has 1 aromatic heterocycles. The van der Waals surface area contributed by atoms with E-state index in [0.29, 0.717) is 24.1 Å². The summed E-state index contributed by atoms with van der Waals surface area (Å²) in [7, 11) is -1.92. The van der Waals surface area contributed by atoms with Crippen molar-refractivity contribution in [1.29, 1.82) is 0 Å². The average molecular weight is 323 g/mol. The molecular weight excluding hydrogens is 302 g/mol. The van der Waals surface area contributed by atoms with Gasteiger partial charge in [0.05, 0.1) is 0 Å². The van der Waals surface area contributed by atoms with Crippen LogP contribution in [-0.4, -0.2) is 46.8 Å². The van der Waals surface area contributed by atoms with Crippen LogP contribution in [-0.2, 0) is 17.1 Å². The van der Waals surface area contributed by atoms with Gasteiger partial charge in [0.1, 0.15) is 15.9 Å². The summed E-state index contributed by atoms with van der Waals surface area (Å²) in [5, 5.41) is 8.36. The van der Waals surface area contributed by atoms with Crippen LogP contribution < -0.4 is 5.73 Å². The highest BCUT2D eigenvalue weighted by Crippen LogP contribution is 2.29. The predicted molar refractivity (Wildman–Crippen MR) is 83.6 cm³/mol. The summed E-state index contributed by atoms with van der Waals surface area (Å²) in [6, 6.07) is 4.95. The Balaban J connectivity index is 1.99. The lowest BCUT2D eigenvalue weighted by Gasteiger charge is -2.16. The standard InChI is InChI=1S/C14H21N5O2S/c1-3-5-10-8-19(9-11(10)15)22(20,21)13-7-4-6-12-14(13)17-18(2)16-12/h4,6-7,10-11H,3,5,8-9,15H2,1-2H3/t10-,11-/m0/s1. The first-order valence-electron chi connectivity index (χ1n) is 7.49. The Bertz CT molecular complexity index is 786. The number of nitrogens with two attached hydrogens (primary N) is 1. The minimum Gasteiger partial charge on any atom is -0.326 e. The van der Waals surface area contributed by atoms with Gasteiger partial charge in [-0.05, 0) is 24.5 Å². The zero-order valence-electron chi connectivity index (χ0n) is 12.8. The van der Waals surface area contributed by atoms with Crippen LogP contribution in [0.25, 0.3) is 11.0 Å². The Kier molecular flexibility index (Phi) is 3.92. The monoisotopic (exact) mass is 323 g/mol. The van der Waals surface area contributed by atoms with Crippen molar-refractivity contribution in [2.24, 2.45) is 18.7 Å². The second-order valence-corrected chi connectivity index (χ2v) is 7.75. The summed E-state index contributed by atoms with van der Waals surface area (Å²) in [5.74, 6) is 0.223. The molecule has 120 valence electrons. The Labute approximate surface area is 130 Å². The number of fused-ring (bicyclic) bond motifs is 1. The molecule has 2 N–H and O–H groups in total. The molecule has 0 radical (unpaired) electrons. The maximum absolute atomic E-state index is 12.9. The highest BCUT2D eigenvalue weighted by Gasteiger charge is 2.38. The van der Waals surface area contributed by atoms with E-state index in [-0.39, 0.29) is 16.9 Å². The predicted octanol–water partition coefficient (Wildman–Crippen LogP) is 0.716. The molecule has 3 rings (SSSR count). The number of hydrogen-bond acceptors (Lipinski definition) is 5. The van der Waals surface area contributed by atoms with Crippen LogP contribution in [0.15, 0.2) is 23.1 Å². The SMILES string of the molecule is CCC[C@H]1CN(S(=O)(=O)c2cccc3nn(C)nc23)C[C@@H]1N. The fourth-order valence-corrected chi connectivity index (χ4v) is 4.76. The second kappa shape index (κ2) is 5.60. The zero-order chi connectivity index (χ0) is 15.9. The number of rotatable bonds is 4. The Morgan fingerprint density at radius 1 is 1.32 bits per heavy atom. The molecule has 7 nitrogen and oxygen atoms in total. The summed E-state index contributed by atoms with van der Waals surface area (Å²) in [6.07, 6.45) is 1.95. The number of nitrogens with zero attached hydrogens (tertiary/aromatic N) is 4. The molecule has 0 aliphatic carbocycles. The molecule has 2 aromatic rings. The molecule has 1 aromatic carbocycles. The van der Waals surface area contributed by atoms with Crippen LogP contribution in [0.1, 0.15) is 19.8 Å². The van der Waals surface area contributed by atoms with Gasteiger partial charge in [-0.2, -0.15) is 19.3 Å². The first-order valence-corrected chi connectivity index (χ1v) is 8.93. The molecule has 0 amide bonds. The summed E-state index contributed by atoms with van der Waals surface area (Å²) >= 11 is 0. The Morgan fingerprint density at radius 3 is 2.82 bits per heavy atom. The van der Waals surface area contributed by atoms with Crippen molar-refractivity contribution >= 4 is 21.1 Å². The smallest absolute Gasteiger partial charge is 0.245 e. The third-order valence-electron chi connectivity index (χ3n) is 4.21. The highest BCUT2D eigenvalue weighted by molar-refractivity contribution is 7.89. The molecule has 1 saturated heterocycles. The number of sulfonamides is 1. The van der Waals surface area contributed by atoms with Crippen LogP contribution in [0, 0.1) is 5.92 Å². The first-order chi connectivity index (χ1) is 10.4. The van der Waals surface area contributed by atoms with E-state index in [1.165, 1.54) is 9.10 Å². The van der Waals surface area contributed by atoms with Crippen LogP contribution in [0.5, 0.6) is 0 Å².